The van der Waals surface area contributed by atoms with Gasteiger partial charge in [0, 0.05) is 51.4 Å². The fourth-order valence-corrected chi connectivity index (χ4v) is 4.26. The van der Waals surface area contributed by atoms with Gasteiger partial charge in [0.1, 0.15) is 5.76 Å². The first-order valence-electron chi connectivity index (χ1n) is 8.75. The lowest BCUT2D eigenvalue weighted by molar-refractivity contribution is -0.0248. The predicted molar refractivity (Wildman–Crippen MR) is 91.3 cm³/mol. The van der Waals surface area contributed by atoms with Crippen molar-refractivity contribution in [3.05, 3.63) is 54.2 Å². The molecule has 0 radical (unpaired) electrons. The molecule has 24 heavy (non-hydrogen) atoms. The molecule has 0 amide bonds. The van der Waals surface area contributed by atoms with Crippen molar-refractivity contribution < 1.29 is 9.15 Å². The second-order valence-electron chi connectivity index (χ2n) is 6.86. The molecule has 4 rings (SSSR count). The fourth-order valence-electron chi connectivity index (χ4n) is 4.26. The van der Waals surface area contributed by atoms with Crippen LogP contribution in [0.3, 0.4) is 0 Å². The van der Waals surface area contributed by atoms with Crippen molar-refractivity contribution >= 4 is 0 Å². The number of fused-ring (bicyclic) bond motifs is 1. The summed E-state index contributed by atoms with van der Waals surface area (Å²) in [5.41, 5.74) is 1.15. The molecule has 3 atom stereocenters. The second-order valence-corrected chi connectivity index (χ2v) is 6.86. The van der Waals surface area contributed by atoms with Gasteiger partial charge in [-0.25, -0.2) is 0 Å². The van der Waals surface area contributed by atoms with Crippen LogP contribution in [0.15, 0.2) is 47.2 Å². The molecule has 2 aliphatic rings. The molecule has 5 heteroatoms. The highest BCUT2D eigenvalue weighted by atomic mass is 16.5. The molecule has 0 bridgehead atoms. The van der Waals surface area contributed by atoms with Crippen LogP contribution in [0.1, 0.15) is 17.9 Å². The van der Waals surface area contributed by atoms with Crippen molar-refractivity contribution in [2.45, 2.75) is 31.7 Å². The number of furan rings is 1. The SMILES string of the molecule is CO[C@@H]1CCN(Cc2ccccn2)[C@@H]2CN(Cc3ccco3)C[C@@H]21. The minimum atomic E-state index is 0.358. The van der Waals surface area contributed by atoms with Crippen molar-refractivity contribution in [2.24, 2.45) is 5.92 Å². The first-order valence-corrected chi connectivity index (χ1v) is 8.75. The largest absolute Gasteiger partial charge is 0.468 e. The molecule has 0 aliphatic carbocycles. The minimum Gasteiger partial charge on any atom is -0.468 e. The molecule has 0 aromatic carbocycles. The Balaban J connectivity index is 1.47. The van der Waals surface area contributed by atoms with Crippen LogP contribution in [0.4, 0.5) is 0 Å². The summed E-state index contributed by atoms with van der Waals surface area (Å²) in [4.78, 5) is 9.59. The molecule has 4 heterocycles. The minimum absolute atomic E-state index is 0.358. The van der Waals surface area contributed by atoms with E-state index in [4.69, 9.17) is 9.15 Å². The van der Waals surface area contributed by atoms with Gasteiger partial charge in [-0.05, 0) is 30.7 Å². The average Bonchev–Trinajstić information content (AvgIpc) is 3.26. The lowest BCUT2D eigenvalue weighted by Crippen LogP contribution is -2.50. The summed E-state index contributed by atoms with van der Waals surface area (Å²) in [6, 6.07) is 10.7. The topological polar surface area (TPSA) is 41.7 Å². The van der Waals surface area contributed by atoms with Crippen LogP contribution in [0.25, 0.3) is 0 Å². The second kappa shape index (κ2) is 7.05. The zero-order valence-electron chi connectivity index (χ0n) is 14.2. The maximum atomic E-state index is 5.79. The number of nitrogens with zero attached hydrogens (tertiary/aromatic N) is 3. The summed E-state index contributed by atoms with van der Waals surface area (Å²) < 4.78 is 11.3. The summed E-state index contributed by atoms with van der Waals surface area (Å²) in [6.07, 6.45) is 5.09. The van der Waals surface area contributed by atoms with E-state index in [-0.39, 0.29) is 0 Å². The number of hydrogen-bond acceptors (Lipinski definition) is 5. The Morgan fingerprint density at radius 2 is 2.17 bits per heavy atom. The molecular formula is C19H25N3O2. The van der Waals surface area contributed by atoms with Gasteiger partial charge in [0.05, 0.1) is 24.6 Å². The fraction of sp³-hybridized carbons (Fsp3) is 0.526. The number of aromatic nitrogens is 1. The Morgan fingerprint density at radius 3 is 2.92 bits per heavy atom. The monoisotopic (exact) mass is 327 g/mol. The van der Waals surface area contributed by atoms with Gasteiger partial charge in [-0.2, -0.15) is 0 Å². The Kier molecular flexibility index (Phi) is 4.65. The van der Waals surface area contributed by atoms with Gasteiger partial charge in [0.15, 0.2) is 0 Å². The van der Waals surface area contributed by atoms with E-state index in [0.29, 0.717) is 18.1 Å². The third-order valence-corrected chi connectivity index (χ3v) is 5.41. The molecule has 2 saturated heterocycles. The Bertz CT molecular complexity index is 631. The highest BCUT2D eigenvalue weighted by Crippen LogP contribution is 2.33. The first kappa shape index (κ1) is 15.8. The summed E-state index contributed by atoms with van der Waals surface area (Å²) >= 11 is 0. The summed E-state index contributed by atoms with van der Waals surface area (Å²) in [5, 5.41) is 0. The lowest BCUT2D eigenvalue weighted by Gasteiger charge is -2.41. The number of piperidine rings is 1. The zero-order valence-corrected chi connectivity index (χ0v) is 14.2. The van der Waals surface area contributed by atoms with Gasteiger partial charge in [-0.1, -0.05) is 6.07 Å². The van der Waals surface area contributed by atoms with Crippen molar-refractivity contribution in [1.82, 2.24) is 14.8 Å². The number of hydrogen-bond donors (Lipinski definition) is 0. The Labute approximate surface area is 143 Å². The Morgan fingerprint density at radius 1 is 1.21 bits per heavy atom. The summed E-state index contributed by atoms with van der Waals surface area (Å²) in [5.74, 6) is 1.60. The van der Waals surface area contributed by atoms with Crippen molar-refractivity contribution in [3.8, 4) is 0 Å². The van der Waals surface area contributed by atoms with Crippen LogP contribution in [-0.4, -0.2) is 53.7 Å². The standard InChI is InChI=1S/C19H25N3O2/c1-23-19-7-9-22(11-15-5-2-3-8-20-15)18-14-21(13-17(18)19)12-16-6-4-10-24-16/h2-6,8,10,17-19H,7,9,11-14H2,1H3/t17-,18+,19+/m0/s1. The van der Waals surface area contributed by atoms with Crippen molar-refractivity contribution in [3.63, 3.8) is 0 Å². The highest BCUT2D eigenvalue weighted by molar-refractivity contribution is 5.07. The third-order valence-electron chi connectivity index (χ3n) is 5.41. The number of rotatable bonds is 5. The summed E-state index contributed by atoms with van der Waals surface area (Å²) in [7, 11) is 1.85. The molecule has 2 aromatic heterocycles. The normalized spacial score (nSPS) is 28.1. The maximum Gasteiger partial charge on any atom is 0.117 e. The quantitative estimate of drug-likeness (QED) is 0.843. The molecule has 5 nitrogen and oxygen atoms in total. The van der Waals surface area contributed by atoms with Crippen LogP contribution in [0.2, 0.25) is 0 Å². The number of pyridine rings is 1. The maximum absolute atomic E-state index is 5.79. The van der Waals surface area contributed by atoms with E-state index in [0.717, 1.165) is 50.6 Å². The molecule has 0 saturated carbocycles. The number of likely N-dealkylation sites (tertiary alicyclic amines) is 2. The van der Waals surface area contributed by atoms with Gasteiger partial charge in [-0.3, -0.25) is 14.8 Å². The zero-order chi connectivity index (χ0) is 16.4. The molecule has 128 valence electrons. The molecule has 2 aliphatic heterocycles. The van der Waals surface area contributed by atoms with Crippen LogP contribution in [-0.2, 0) is 17.8 Å². The molecule has 2 fully saturated rings. The van der Waals surface area contributed by atoms with Gasteiger partial charge in [0.2, 0.25) is 0 Å². The van der Waals surface area contributed by atoms with E-state index in [2.05, 4.69) is 33.0 Å². The molecule has 2 aromatic rings. The van der Waals surface area contributed by atoms with Crippen LogP contribution < -0.4 is 0 Å². The number of ether oxygens (including phenoxy) is 1. The van der Waals surface area contributed by atoms with E-state index in [1.165, 1.54) is 0 Å². The van der Waals surface area contributed by atoms with Crippen LogP contribution in [0.5, 0.6) is 0 Å². The molecule has 0 N–H and O–H groups in total. The van der Waals surface area contributed by atoms with E-state index in [1.807, 2.05) is 25.4 Å². The van der Waals surface area contributed by atoms with Gasteiger partial charge in [-0.15, -0.1) is 0 Å². The summed E-state index contributed by atoms with van der Waals surface area (Å²) in [6.45, 7) is 5.02. The predicted octanol–water partition coefficient (Wildman–Crippen LogP) is 2.40. The van der Waals surface area contributed by atoms with E-state index in [1.54, 1.807) is 6.26 Å². The smallest absolute Gasteiger partial charge is 0.117 e. The van der Waals surface area contributed by atoms with Gasteiger partial charge >= 0.3 is 0 Å². The van der Waals surface area contributed by atoms with E-state index < -0.39 is 0 Å². The lowest BCUT2D eigenvalue weighted by atomic mass is 9.89. The molecular weight excluding hydrogens is 302 g/mol. The molecule has 0 spiro atoms. The average molecular weight is 327 g/mol. The number of methoxy groups -OCH3 is 1. The van der Waals surface area contributed by atoms with Gasteiger partial charge in [0.25, 0.3) is 0 Å². The van der Waals surface area contributed by atoms with Crippen molar-refractivity contribution in [2.75, 3.05) is 26.7 Å². The Hall–Kier alpha value is -1.69. The van der Waals surface area contributed by atoms with E-state index >= 15 is 0 Å². The van der Waals surface area contributed by atoms with Crippen LogP contribution >= 0.6 is 0 Å². The first-order chi connectivity index (χ1) is 11.8. The third kappa shape index (κ3) is 3.24. The highest BCUT2D eigenvalue weighted by Gasteiger charge is 2.44. The van der Waals surface area contributed by atoms with E-state index in [9.17, 15) is 0 Å². The van der Waals surface area contributed by atoms with Crippen LogP contribution in [0, 0.1) is 5.92 Å². The molecule has 0 unspecified atom stereocenters. The van der Waals surface area contributed by atoms with Gasteiger partial charge < -0.3 is 9.15 Å². The van der Waals surface area contributed by atoms with Crippen molar-refractivity contribution in [1.29, 1.82) is 0 Å².